The van der Waals surface area contributed by atoms with Gasteiger partial charge >= 0.3 is 12.0 Å². The van der Waals surface area contributed by atoms with Gasteiger partial charge in [-0.15, -0.1) is 28.2 Å². The lowest BCUT2D eigenvalue weighted by Gasteiger charge is -2.49. The molecule has 0 spiro atoms. The minimum absolute atomic E-state index is 0.0253. The first-order chi connectivity index (χ1) is 17.7. The zero-order chi connectivity index (χ0) is 26.7. The number of aromatic nitrogens is 4. The van der Waals surface area contributed by atoms with Crippen molar-refractivity contribution in [1.29, 1.82) is 0 Å². The summed E-state index contributed by atoms with van der Waals surface area (Å²) in [6, 6.07) is 0.959. The van der Waals surface area contributed by atoms with E-state index in [0.29, 0.717) is 21.4 Å². The van der Waals surface area contributed by atoms with Crippen LogP contribution in [-0.4, -0.2) is 103 Å². The summed E-state index contributed by atoms with van der Waals surface area (Å²) < 4.78 is 6.43. The second-order valence-electron chi connectivity index (χ2n) is 8.04. The maximum absolute atomic E-state index is 13.2. The molecule has 198 valence electrons. The molecule has 3 N–H and O–H groups in total. The van der Waals surface area contributed by atoms with Crippen LogP contribution in [0.2, 0.25) is 0 Å². The van der Waals surface area contributed by atoms with E-state index in [4.69, 9.17) is 4.74 Å². The quantitative estimate of drug-likeness (QED) is 0.201. The third-order valence-electron chi connectivity index (χ3n) is 5.53. The molecule has 4 amide bonds. The normalized spacial score (nSPS) is 19.6. The third-order valence-corrected chi connectivity index (χ3v) is 8.91. The Bertz CT molecular complexity index is 1220. The molecule has 1 fully saturated rings. The SMILES string of the molecule is COCN(C)C(=O)NC(C(=O)N[C@H]1C(=O)N2C(C(=O)O)=C(CSc3nnnn3C)CSC12)c1cccs1. The lowest BCUT2D eigenvalue weighted by Crippen LogP contribution is -2.71. The number of carbonyl (C=O) groups excluding carboxylic acids is 3. The number of thioether (sulfide) groups is 2. The molecule has 4 heterocycles. The van der Waals surface area contributed by atoms with Crippen LogP contribution in [0.3, 0.4) is 0 Å². The van der Waals surface area contributed by atoms with Crippen LogP contribution >= 0.6 is 34.9 Å². The fourth-order valence-electron chi connectivity index (χ4n) is 3.73. The number of fused-ring (bicyclic) bond motifs is 1. The van der Waals surface area contributed by atoms with E-state index in [1.54, 1.807) is 24.6 Å². The molecule has 0 radical (unpaired) electrons. The van der Waals surface area contributed by atoms with Gasteiger partial charge in [0.15, 0.2) is 0 Å². The molecule has 4 rings (SSSR count). The highest BCUT2D eigenvalue weighted by Gasteiger charge is 2.54. The molecule has 2 unspecified atom stereocenters. The van der Waals surface area contributed by atoms with E-state index >= 15 is 0 Å². The molecule has 2 aliphatic rings. The zero-order valence-electron chi connectivity index (χ0n) is 20.0. The van der Waals surface area contributed by atoms with Crippen molar-refractivity contribution in [1.82, 2.24) is 40.6 Å². The molecular formula is C20H24N8O6S3. The van der Waals surface area contributed by atoms with E-state index in [0.717, 1.165) is 0 Å². The van der Waals surface area contributed by atoms with E-state index in [9.17, 15) is 24.3 Å². The van der Waals surface area contributed by atoms with Crippen molar-refractivity contribution in [2.24, 2.45) is 7.05 Å². The van der Waals surface area contributed by atoms with Crippen molar-refractivity contribution < 1.29 is 29.0 Å². The molecule has 0 saturated carbocycles. The second kappa shape index (κ2) is 11.5. The number of ether oxygens (including phenoxy) is 1. The topological polar surface area (TPSA) is 172 Å². The predicted octanol–water partition coefficient (Wildman–Crippen LogP) is 0.0889. The molecule has 14 nitrogen and oxygen atoms in total. The van der Waals surface area contributed by atoms with Crippen molar-refractivity contribution in [3.63, 3.8) is 0 Å². The van der Waals surface area contributed by atoms with Crippen molar-refractivity contribution in [2.75, 3.05) is 32.4 Å². The molecule has 0 bridgehead atoms. The maximum atomic E-state index is 13.2. The Hall–Kier alpha value is -3.15. The van der Waals surface area contributed by atoms with Crippen LogP contribution < -0.4 is 10.6 Å². The summed E-state index contributed by atoms with van der Waals surface area (Å²) in [5.74, 6) is -1.68. The Morgan fingerprint density at radius 2 is 2.19 bits per heavy atom. The van der Waals surface area contributed by atoms with Gasteiger partial charge in [0.1, 0.15) is 29.9 Å². The number of hydrogen-bond donors (Lipinski definition) is 3. The monoisotopic (exact) mass is 568 g/mol. The Labute approximate surface area is 223 Å². The van der Waals surface area contributed by atoms with Gasteiger partial charge in [-0.2, -0.15) is 0 Å². The molecule has 37 heavy (non-hydrogen) atoms. The van der Waals surface area contributed by atoms with Gasteiger partial charge in [0.2, 0.25) is 11.1 Å². The Morgan fingerprint density at radius 3 is 2.81 bits per heavy atom. The summed E-state index contributed by atoms with van der Waals surface area (Å²) in [5, 5.41) is 28.1. The van der Waals surface area contributed by atoms with Crippen molar-refractivity contribution in [3.05, 3.63) is 33.7 Å². The summed E-state index contributed by atoms with van der Waals surface area (Å²) in [6.07, 6.45) is 0. The van der Waals surface area contributed by atoms with Gasteiger partial charge in [0.05, 0.1) is 0 Å². The number of thiophene rings is 1. The van der Waals surface area contributed by atoms with E-state index < -0.39 is 41.3 Å². The van der Waals surface area contributed by atoms with E-state index in [1.807, 2.05) is 0 Å². The van der Waals surface area contributed by atoms with Gasteiger partial charge in [-0.25, -0.2) is 14.3 Å². The molecule has 2 aliphatic heterocycles. The second-order valence-corrected chi connectivity index (χ2v) is 11.1. The lowest BCUT2D eigenvalue weighted by molar-refractivity contribution is -0.150. The summed E-state index contributed by atoms with van der Waals surface area (Å²) in [5.41, 5.74) is 0.468. The van der Waals surface area contributed by atoms with Gasteiger partial charge in [0.25, 0.3) is 5.91 Å². The van der Waals surface area contributed by atoms with Crippen LogP contribution in [0.5, 0.6) is 0 Å². The van der Waals surface area contributed by atoms with Gasteiger partial charge in [-0.3, -0.25) is 14.5 Å². The van der Waals surface area contributed by atoms with E-state index in [-0.39, 0.29) is 18.2 Å². The van der Waals surface area contributed by atoms with Gasteiger partial charge in [-0.05, 0) is 27.4 Å². The fourth-order valence-corrected chi connectivity index (χ4v) is 6.84. The standard InChI is InChI=1S/C20H24N8O6S3/c1-26(9-34-3)19(33)22-12(11-5-4-6-35-11)15(29)21-13-16(30)28-14(18(31)32)10(7-36-17(13)28)8-37-20-23-24-25-27(20)2/h4-6,12-13,17H,7-9H2,1-3H3,(H,21,29)(H,22,33)(H,31,32)/t12?,13-,17?/m0/s1. The third kappa shape index (κ3) is 5.58. The van der Waals surface area contributed by atoms with Crippen molar-refractivity contribution in [3.8, 4) is 0 Å². The number of aliphatic carboxylic acids is 1. The van der Waals surface area contributed by atoms with Gasteiger partial charge < -0.3 is 25.4 Å². The number of nitrogens with zero attached hydrogens (tertiary/aromatic N) is 6. The number of methoxy groups -OCH3 is 1. The average molecular weight is 569 g/mol. The van der Waals surface area contributed by atoms with Crippen LogP contribution in [-0.2, 0) is 26.2 Å². The Morgan fingerprint density at radius 1 is 1.41 bits per heavy atom. The van der Waals surface area contributed by atoms with Crippen LogP contribution in [0.25, 0.3) is 0 Å². The number of carboxylic acids is 1. The molecule has 2 aromatic heterocycles. The van der Waals surface area contributed by atoms with Crippen LogP contribution in [0.15, 0.2) is 33.9 Å². The molecule has 0 aromatic carbocycles. The van der Waals surface area contributed by atoms with E-state index in [2.05, 4.69) is 26.2 Å². The van der Waals surface area contributed by atoms with Crippen molar-refractivity contribution in [2.45, 2.75) is 22.6 Å². The minimum Gasteiger partial charge on any atom is -0.477 e. The average Bonchev–Trinajstić information content (AvgIpc) is 3.55. The molecule has 3 atom stereocenters. The number of urea groups is 1. The van der Waals surface area contributed by atoms with E-state index in [1.165, 1.54) is 63.5 Å². The number of carboxylic acid groups (broad SMARTS) is 1. The number of nitrogens with one attached hydrogen (secondary N) is 2. The summed E-state index contributed by atoms with van der Waals surface area (Å²) >= 11 is 3.91. The van der Waals surface area contributed by atoms with Crippen molar-refractivity contribution >= 4 is 58.7 Å². The number of tetrazole rings is 1. The first-order valence-electron chi connectivity index (χ1n) is 10.8. The number of aryl methyl sites for hydroxylation is 1. The summed E-state index contributed by atoms with van der Waals surface area (Å²) in [4.78, 5) is 53.9. The highest BCUT2D eigenvalue weighted by atomic mass is 32.2. The smallest absolute Gasteiger partial charge is 0.352 e. The lowest BCUT2D eigenvalue weighted by atomic mass is 10.0. The summed E-state index contributed by atoms with van der Waals surface area (Å²) in [7, 11) is 4.64. The van der Waals surface area contributed by atoms with Crippen LogP contribution in [0.4, 0.5) is 4.79 Å². The number of amides is 4. The molecular weight excluding hydrogens is 544 g/mol. The number of carbonyl (C=O) groups is 4. The fraction of sp³-hybridized carbons (Fsp3) is 0.450. The number of rotatable bonds is 10. The first-order valence-corrected chi connectivity index (χ1v) is 13.7. The van der Waals surface area contributed by atoms with Gasteiger partial charge in [0, 0.05) is 37.6 Å². The first kappa shape index (κ1) is 26.9. The molecule has 1 saturated heterocycles. The Kier molecular flexibility index (Phi) is 8.35. The minimum atomic E-state index is -1.22. The highest BCUT2D eigenvalue weighted by molar-refractivity contribution is 8.01. The molecule has 2 aromatic rings. The summed E-state index contributed by atoms with van der Waals surface area (Å²) in [6.45, 7) is 0.0253. The predicted molar refractivity (Wildman–Crippen MR) is 134 cm³/mol. The maximum Gasteiger partial charge on any atom is 0.352 e. The highest BCUT2D eigenvalue weighted by Crippen LogP contribution is 2.41. The molecule has 17 heteroatoms. The largest absolute Gasteiger partial charge is 0.477 e. The number of hydrogen-bond acceptors (Lipinski definition) is 11. The Balaban J connectivity index is 1.47. The zero-order valence-corrected chi connectivity index (χ0v) is 22.4. The number of β-lactam (4-membered cyclic amide) rings is 1. The van der Waals surface area contributed by atoms with Crippen LogP contribution in [0, 0.1) is 0 Å². The molecule has 0 aliphatic carbocycles. The van der Waals surface area contributed by atoms with Gasteiger partial charge in [-0.1, -0.05) is 17.8 Å². The van der Waals surface area contributed by atoms with Crippen LogP contribution in [0.1, 0.15) is 10.9 Å².